The van der Waals surface area contributed by atoms with E-state index in [4.69, 9.17) is 4.55 Å². The van der Waals surface area contributed by atoms with Gasteiger partial charge in [0.05, 0.1) is 5.97 Å². The second-order valence-electron chi connectivity index (χ2n) is 1.10. The van der Waals surface area contributed by atoms with Crippen LogP contribution in [0.5, 0.6) is 0 Å². The van der Waals surface area contributed by atoms with E-state index < -0.39 is 21.8 Å². The Bertz CT molecular complexity index is 181. The Labute approximate surface area is 94.6 Å². The van der Waals surface area contributed by atoms with Gasteiger partial charge < -0.3 is 9.90 Å². The fourth-order valence-electron chi connectivity index (χ4n) is 0.149. The van der Waals surface area contributed by atoms with Gasteiger partial charge in [-0.3, -0.25) is 4.55 Å². The summed E-state index contributed by atoms with van der Waals surface area (Å²) in [5, 5.41) is 9.36. The minimum atomic E-state index is -4.39. The van der Waals surface area contributed by atoms with E-state index in [9.17, 15) is 18.3 Å². The number of hydrogen-bond acceptors (Lipinski definition) is 4. The van der Waals surface area contributed by atoms with Crippen molar-refractivity contribution in [3.63, 3.8) is 0 Å². The van der Waals surface area contributed by atoms with Crippen molar-refractivity contribution in [1.29, 1.82) is 0 Å². The Hall–Kier alpha value is 1.02. The Morgan fingerprint density at radius 1 is 1.56 bits per heavy atom. The van der Waals surface area contributed by atoms with Gasteiger partial charge in [-0.2, -0.15) is 8.42 Å². The first-order valence-electron chi connectivity index (χ1n) is 1.57. The topological polar surface area (TPSA) is 94.5 Å². The SMILES string of the molecule is O=C([O-])CS(=O)(=O)O.[K+]. The van der Waals surface area contributed by atoms with Crippen LogP contribution < -0.4 is 56.5 Å². The molecule has 0 aliphatic rings. The van der Waals surface area contributed by atoms with Gasteiger partial charge in [-0.15, -0.1) is 0 Å². The van der Waals surface area contributed by atoms with Crippen LogP contribution in [0.3, 0.4) is 0 Å². The zero-order valence-electron chi connectivity index (χ0n) is 4.70. The molecule has 0 spiro atoms. The maximum atomic E-state index is 9.58. The first-order valence-corrected chi connectivity index (χ1v) is 3.18. The molecular weight excluding hydrogens is 175 g/mol. The van der Waals surface area contributed by atoms with Crippen molar-refractivity contribution in [2.75, 3.05) is 5.75 Å². The first kappa shape index (κ1) is 12.7. The molecule has 0 bridgehead atoms. The fraction of sp³-hybridized carbons (Fsp3) is 0.500. The van der Waals surface area contributed by atoms with Crippen LogP contribution in [0.2, 0.25) is 0 Å². The van der Waals surface area contributed by atoms with E-state index in [2.05, 4.69) is 0 Å². The maximum Gasteiger partial charge on any atom is 1.00 e. The summed E-state index contributed by atoms with van der Waals surface area (Å²) in [6.45, 7) is 0. The van der Waals surface area contributed by atoms with Gasteiger partial charge in [0, 0.05) is 0 Å². The third-order valence-electron chi connectivity index (χ3n) is 0.300. The number of carboxylic acid groups (broad SMARTS) is 1. The van der Waals surface area contributed by atoms with Gasteiger partial charge in [-0.05, 0) is 0 Å². The molecule has 48 valence electrons. The quantitative estimate of drug-likeness (QED) is 0.336. The molecule has 0 heterocycles. The van der Waals surface area contributed by atoms with Crippen LogP contribution in [0.1, 0.15) is 0 Å². The summed E-state index contributed by atoms with van der Waals surface area (Å²) in [5.41, 5.74) is 0. The van der Waals surface area contributed by atoms with Crippen molar-refractivity contribution < 1.29 is 74.3 Å². The predicted molar refractivity (Wildman–Crippen MR) is 21.4 cm³/mol. The van der Waals surface area contributed by atoms with Crippen LogP contribution in [0.4, 0.5) is 0 Å². The number of rotatable bonds is 2. The number of carbonyl (C=O) groups excluding carboxylic acids is 1. The van der Waals surface area contributed by atoms with E-state index in [1.54, 1.807) is 0 Å². The third-order valence-corrected chi connectivity index (χ3v) is 0.901. The number of aliphatic carboxylic acids is 1. The molecule has 7 heteroatoms. The van der Waals surface area contributed by atoms with Gasteiger partial charge in [-0.1, -0.05) is 0 Å². The number of carbonyl (C=O) groups is 1. The Morgan fingerprint density at radius 3 is 1.89 bits per heavy atom. The van der Waals surface area contributed by atoms with Crippen LogP contribution in [0, 0.1) is 0 Å². The smallest absolute Gasteiger partial charge is 0.549 e. The molecule has 0 amide bonds. The molecule has 0 radical (unpaired) electrons. The average Bonchev–Trinajstić information content (AvgIpc) is 1.21. The molecule has 0 aliphatic carbocycles. The summed E-state index contributed by atoms with van der Waals surface area (Å²) < 4.78 is 26.9. The molecule has 0 aliphatic heterocycles. The van der Waals surface area contributed by atoms with E-state index >= 15 is 0 Å². The van der Waals surface area contributed by atoms with Crippen molar-refractivity contribution >= 4 is 16.1 Å². The maximum absolute atomic E-state index is 9.58. The van der Waals surface area contributed by atoms with Crippen molar-refractivity contribution in [2.45, 2.75) is 0 Å². The van der Waals surface area contributed by atoms with Crippen molar-refractivity contribution in [3.05, 3.63) is 0 Å². The van der Waals surface area contributed by atoms with Gasteiger partial charge in [0.15, 0.2) is 0 Å². The molecular formula is C2H3KO5S. The van der Waals surface area contributed by atoms with Gasteiger partial charge >= 0.3 is 51.4 Å². The Morgan fingerprint density at radius 2 is 1.89 bits per heavy atom. The molecule has 0 unspecified atom stereocenters. The molecule has 9 heavy (non-hydrogen) atoms. The average molecular weight is 178 g/mol. The van der Waals surface area contributed by atoms with Crippen molar-refractivity contribution in [2.24, 2.45) is 0 Å². The summed E-state index contributed by atoms with van der Waals surface area (Å²) in [7, 11) is -4.39. The molecule has 0 aromatic carbocycles. The minimum Gasteiger partial charge on any atom is -0.549 e. The van der Waals surface area contributed by atoms with Gasteiger partial charge in [0.2, 0.25) is 0 Å². The second-order valence-corrected chi connectivity index (χ2v) is 2.55. The van der Waals surface area contributed by atoms with Crippen molar-refractivity contribution in [3.8, 4) is 0 Å². The summed E-state index contributed by atoms with van der Waals surface area (Å²) in [6, 6.07) is 0. The zero-order chi connectivity index (χ0) is 6.78. The monoisotopic (exact) mass is 178 g/mol. The summed E-state index contributed by atoms with van der Waals surface area (Å²) in [6.07, 6.45) is 0. The van der Waals surface area contributed by atoms with E-state index in [0.717, 1.165) is 0 Å². The van der Waals surface area contributed by atoms with Gasteiger partial charge in [0.1, 0.15) is 5.75 Å². The van der Waals surface area contributed by atoms with E-state index in [-0.39, 0.29) is 51.4 Å². The zero-order valence-corrected chi connectivity index (χ0v) is 8.64. The molecule has 0 atom stereocenters. The third kappa shape index (κ3) is 12.3. The normalized spacial score (nSPS) is 9.89. The van der Waals surface area contributed by atoms with Crippen molar-refractivity contribution in [1.82, 2.24) is 0 Å². The van der Waals surface area contributed by atoms with Crippen LogP contribution >= 0.6 is 0 Å². The van der Waals surface area contributed by atoms with E-state index in [0.29, 0.717) is 0 Å². The number of carboxylic acids is 1. The Kier molecular flexibility index (Phi) is 6.72. The molecule has 0 rings (SSSR count). The largest absolute Gasteiger partial charge is 1.00 e. The van der Waals surface area contributed by atoms with E-state index in [1.165, 1.54) is 0 Å². The molecule has 5 nitrogen and oxygen atoms in total. The summed E-state index contributed by atoms with van der Waals surface area (Å²) in [5.74, 6) is -3.15. The van der Waals surface area contributed by atoms with Gasteiger partial charge in [0.25, 0.3) is 10.1 Å². The Balaban J connectivity index is 0. The summed E-state index contributed by atoms with van der Waals surface area (Å²) in [4.78, 5) is 9.36. The molecule has 0 aromatic heterocycles. The van der Waals surface area contributed by atoms with Crippen LogP contribution in [0.15, 0.2) is 0 Å². The summed E-state index contributed by atoms with van der Waals surface area (Å²) >= 11 is 0. The van der Waals surface area contributed by atoms with E-state index in [1.807, 2.05) is 0 Å². The standard InChI is InChI=1S/C2H4O5S.K/c3-2(4)1-8(5,6)7;/h1H2,(H,3,4)(H,5,6,7);/q;+1/p-1. The minimum absolute atomic E-state index is 0. The predicted octanol–water partition coefficient (Wildman–Crippen LogP) is -5.37. The molecule has 0 aromatic rings. The second kappa shape index (κ2) is 4.77. The van der Waals surface area contributed by atoms with Crippen LogP contribution in [-0.4, -0.2) is 24.7 Å². The van der Waals surface area contributed by atoms with Crippen LogP contribution in [0.25, 0.3) is 0 Å². The van der Waals surface area contributed by atoms with Crippen LogP contribution in [-0.2, 0) is 14.9 Å². The molecule has 0 fully saturated rings. The molecule has 1 N–H and O–H groups in total. The first-order chi connectivity index (χ1) is 3.42. The number of hydrogen-bond donors (Lipinski definition) is 1. The van der Waals surface area contributed by atoms with Gasteiger partial charge in [-0.25, -0.2) is 0 Å². The molecule has 0 saturated carbocycles. The fourth-order valence-corrected chi connectivity index (χ4v) is 0.447. The molecule has 0 saturated heterocycles.